The molecule has 1 aliphatic rings. The highest BCUT2D eigenvalue weighted by atomic mass is 16.3. The van der Waals surface area contributed by atoms with Gasteiger partial charge in [-0.2, -0.15) is 0 Å². The zero-order chi connectivity index (χ0) is 13.9. The Bertz CT molecular complexity index is 583. The third-order valence-electron chi connectivity index (χ3n) is 4.04. The summed E-state index contributed by atoms with van der Waals surface area (Å²) < 4.78 is 0. The molecule has 1 unspecified atom stereocenters. The molecule has 3 nitrogen and oxygen atoms in total. The first-order valence-corrected chi connectivity index (χ1v) is 7.07. The van der Waals surface area contributed by atoms with Crippen LogP contribution in [0, 0.1) is 0 Å². The van der Waals surface area contributed by atoms with Gasteiger partial charge in [-0.1, -0.05) is 36.4 Å². The van der Waals surface area contributed by atoms with Crippen molar-refractivity contribution in [2.24, 2.45) is 0 Å². The van der Waals surface area contributed by atoms with Crippen LogP contribution in [0.5, 0.6) is 5.75 Å². The highest BCUT2D eigenvalue weighted by molar-refractivity contribution is 5.53. The molecule has 1 fully saturated rings. The van der Waals surface area contributed by atoms with Gasteiger partial charge in [-0.05, 0) is 42.1 Å². The molecule has 3 heteroatoms. The third-order valence-corrected chi connectivity index (χ3v) is 4.04. The Balaban J connectivity index is 1.64. The predicted molar refractivity (Wildman–Crippen MR) is 81.6 cm³/mol. The minimum Gasteiger partial charge on any atom is -0.506 e. The molecule has 3 rings (SSSR count). The molecular formula is C17H20N2O. The minimum atomic E-state index is 0.164. The lowest BCUT2D eigenvalue weighted by Crippen LogP contribution is -2.19. The summed E-state index contributed by atoms with van der Waals surface area (Å²) in [5, 5.41) is 9.46. The number of benzene rings is 2. The van der Waals surface area contributed by atoms with Crippen LogP contribution in [0.3, 0.4) is 0 Å². The van der Waals surface area contributed by atoms with Gasteiger partial charge in [-0.3, -0.25) is 4.90 Å². The average molecular weight is 268 g/mol. The van der Waals surface area contributed by atoms with Crippen LogP contribution in [0.15, 0.2) is 48.5 Å². The summed E-state index contributed by atoms with van der Waals surface area (Å²) in [5.74, 6) is 0.794. The summed E-state index contributed by atoms with van der Waals surface area (Å²) >= 11 is 0. The summed E-state index contributed by atoms with van der Waals surface area (Å²) in [4.78, 5) is 2.45. The molecule has 0 aliphatic carbocycles. The molecule has 0 saturated carbocycles. The van der Waals surface area contributed by atoms with Crippen LogP contribution in [0.4, 0.5) is 5.69 Å². The molecule has 0 radical (unpaired) electrons. The van der Waals surface area contributed by atoms with Gasteiger partial charge < -0.3 is 10.8 Å². The molecular weight excluding hydrogens is 248 g/mol. The Morgan fingerprint density at radius 3 is 2.70 bits per heavy atom. The fraction of sp³-hybridized carbons (Fsp3) is 0.294. The van der Waals surface area contributed by atoms with Crippen molar-refractivity contribution in [1.29, 1.82) is 0 Å². The smallest absolute Gasteiger partial charge is 0.138 e. The van der Waals surface area contributed by atoms with Crippen LogP contribution in [-0.2, 0) is 6.54 Å². The lowest BCUT2D eigenvalue weighted by Gasteiger charge is -2.16. The van der Waals surface area contributed by atoms with E-state index in [9.17, 15) is 5.11 Å². The van der Waals surface area contributed by atoms with Crippen LogP contribution in [-0.4, -0.2) is 23.1 Å². The SMILES string of the molecule is Nc1cc(CN2CCC(c3ccccc3)C2)ccc1O. The van der Waals surface area contributed by atoms with Gasteiger partial charge in [0.15, 0.2) is 0 Å². The second-order valence-corrected chi connectivity index (χ2v) is 5.52. The van der Waals surface area contributed by atoms with Gasteiger partial charge in [0.05, 0.1) is 5.69 Å². The number of anilines is 1. The summed E-state index contributed by atoms with van der Waals surface area (Å²) in [7, 11) is 0. The third kappa shape index (κ3) is 2.78. The Morgan fingerprint density at radius 2 is 1.95 bits per heavy atom. The maximum absolute atomic E-state index is 9.46. The van der Waals surface area contributed by atoms with Crippen LogP contribution < -0.4 is 5.73 Å². The molecule has 20 heavy (non-hydrogen) atoms. The second-order valence-electron chi connectivity index (χ2n) is 5.52. The number of rotatable bonds is 3. The van der Waals surface area contributed by atoms with Crippen LogP contribution in [0.2, 0.25) is 0 Å². The maximum atomic E-state index is 9.46. The molecule has 0 bridgehead atoms. The van der Waals surface area contributed by atoms with E-state index in [4.69, 9.17) is 5.73 Å². The van der Waals surface area contributed by atoms with Gasteiger partial charge in [0.1, 0.15) is 5.75 Å². The van der Waals surface area contributed by atoms with E-state index in [2.05, 4.69) is 35.2 Å². The summed E-state index contributed by atoms with van der Waals surface area (Å²) in [6.07, 6.45) is 1.21. The van der Waals surface area contributed by atoms with Crippen molar-refractivity contribution < 1.29 is 5.11 Å². The second kappa shape index (κ2) is 5.55. The number of nitrogens with two attached hydrogens (primary N) is 1. The van der Waals surface area contributed by atoms with Gasteiger partial charge in [-0.15, -0.1) is 0 Å². The monoisotopic (exact) mass is 268 g/mol. The maximum Gasteiger partial charge on any atom is 0.138 e. The standard InChI is InChI=1S/C17H20N2O/c18-16-10-13(6-7-17(16)20)11-19-9-8-15(12-19)14-4-2-1-3-5-14/h1-7,10,15,20H,8-9,11-12,18H2. The van der Waals surface area contributed by atoms with Gasteiger partial charge in [0, 0.05) is 13.1 Å². The average Bonchev–Trinajstić information content (AvgIpc) is 2.92. The van der Waals surface area contributed by atoms with E-state index in [1.165, 1.54) is 12.0 Å². The van der Waals surface area contributed by atoms with E-state index >= 15 is 0 Å². The van der Waals surface area contributed by atoms with Crippen molar-refractivity contribution in [1.82, 2.24) is 4.90 Å². The molecule has 3 N–H and O–H groups in total. The quantitative estimate of drug-likeness (QED) is 0.664. The number of nitrogen functional groups attached to an aromatic ring is 1. The fourth-order valence-electron chi connectivity index (χ4n) is 2.93. The topological polar surface area (TPSA) is 49.5 Å². The van der Waals surface area contributed by atoms with Crippen LogP contribution in [0.25, 0.3) is 0 Å². The van der Waals surface area contributed by atoms with Crippen molar-refractivity contribution in [3.05, 3.63) is 59.7 Å². The van der Waals surface area contributed by atoms with E-state index in [1.54, 1.807) is 6.07 Å². The Morgan fingerprint density at radius 1 is 1.15 bits per heavy atom. The predicted octanol–water partition coefficient (Wildman–Crippen LogP) is 2.96. The van der Waals surface area contributed by atoms with E-state index in [-0.39, 0.29) is 5.75 Å². The van der Waals surface area contributed by atoms with Crippen molar-refractivity contribution in [2.75, 3.05) is 18.8 Å². The molecule has 0 aromatic heterocycles. The lowest BCUT2D eigenvalue weighted by atomic mass is 9.99. The van der Waals surface area contributed by atoms with E-state index < -0.39 is 0 Å². The van der Waals surface area contributed by atoms with E-state index in [0.717, 1.165) is 25.2 Å². The van der Waals surface area contributed by atoms with Gasteiger partial charge >= 0.3 is 0 Å². The number of phenols is 1. The van der Waals surface area contributed by atoms with Crippen LogP contribution >= 0.6 is 0 Å². The fourth-order valence-corrected chi connectivity index (χ4v) is 2.93. The normalized spacial score (nSPS) is 19.3. The molecule has 1 saturated heterocycles. The van der Waals surface area contributed by atoms with Crippen molar-refractivity contribution in [3.63, 3.8) is 0 Å². The molecule has 0 amide bonds. The first-order chi connectivity index (χ1) is 9.72. The zero-order valence-electron chi connectivity index (χ0n) is 11.5. The molecule has 2 aromatic rings. The number of aromatic hydroxyl groups is 1. The number of hydrogen-bond acceptors (Lipinski definition) is 3. The first kappa shape index (κ1) is 13.0. The molecule has 0 spiro atoms. The van der Waals surface area contributed by atoms with Gasteiger partial charge in [-0.25, -0.2) is 0 Å². The number of phenolic OH excluding ortho intramolecular Hbond substituents is 1. The number of hydrogen-bond donors (Lipinski definition) is 2. The van der Waals surface area contributed by atoms with Crippen molar-refractivity contribution in [2.45, 2.75) is 18.9 Å². The Kier molecular flexibility index (Phi) is 3.61. The Labute approximate surface area is 119 Å². The summed E-state index contributed by atoms with van der Waals surface area (Å²) in [5.41, 5.74) is 8.80. The summed E-state index contributed by atoms with van der Waals surface area (Å²) in [6.45, 7) is 3.10. The van der Waals surface area contributed by atoms with E-state index in [0.29, 0.717) is 11.6 Å². The lowest BCUT2D eigenvalue weighted by molar-refractivity contribution is 0.327. The number of likely N-dealkylation sites (tertiary alicyclic amines) is 1. The Hall–Kier alpha value is -2.00. The molecule has 2 aromatic carbocycles. The van der Waals surface area contributed by atoms with Crippen LogP contribution in [0.1, 0.15) is 23.5 Å². The van der Waals surface area contributed by atoms with Gasteiger partial charge in [0.25, 0.3) is 0 Å². The highest BCUT2D eigenvalue weighted by Gasteiger charge is 2.23. The largest absolute Gasteiger partial charge is 0.506 e. The van der Waals surface area contributed by atoms with Crippen molar-refractivity contribution >= 4 is 5.69 Å². The molecule has 1 aliphatic heterocycles. The summed E-state index contributed by atoms with van der Waals surface area (Å²) in [6, 6.07) is 16.2. The number of nitrogens with zero attached hydrogens (tertiary/aromatic N) is 1. The zero-order valence-corrected chi connectivity index (χ0v) is 11.5. The van der Waals surface area contributed by atoms with Gasteiger partial charge in [0.2, 0.25) is 0 Å². The molecule has 104 valence electrons. The highest BCUT2D eigenvalue weighted by Crippen LogP contribution is 2.29. The van der Waals surface area contributed by atoms with Crippen molar-refractivity contribution in [3.8, 4) is 5.75 Å². The first-order valence-electron chi connectivity index (χ1n) is 7.07. The van der Waals surface area contributed by atoms with E-state index in [1.807, 2.05) is 12.1 Å². The molecule has 1 heterocycles. The minimum absolute atomic E-state index is 0.164. The molecule has 1 atom stereocenters.